The molecule has 0 aliphatic carbocycles. The fourth-order valence-electron chi connectivity index (χ4n) is 1.89. The van der Waals surface area contributed by atoms with E-state index in [0.717, 1.165) is 0 Å². The average Bonchev–Trinajstić information content (AvgIpc) is 2.97. The molecule has 0 spiro atoms. The van der Waals surface area contributed by atoms with E-state index in [9.17, 15) is 9.59 Å². The van der Waals surface area contributed by atoms with Crippen molar-refractivity contribution in [1.29, 1.82) is 0 Å². The Balaban J connectivity index is 2.19. The predicted octanol–water partition coefficient (Wildman–Crippen LogP) is 2.42. The molecule has 0 radical (unpaired) electrons. The summed E-state index contributed by atoms with van der Waals surface area (Å²) in [6.07, 6.45) is 1.73. The number of carbonyl (C=O) groups excluding carboxylic acids is 1. The van der Waals surface area contributed by atoms with Gasteiger partial charge in [-0.05, 0) is 32.0 Å². The normalized spacial score (nSPS) is 10.5. The molecule has 1 aromatic carbocycles. The van der Waals surface area contributed by atoms with Crippen LogP contribution in [0, 0.1) is 0 Å². The summed E-state index contributed by atoms with van der Waals surface area (Å²) in [5.41, 5.74) is 0.755. The number of nitrogens with one attached hydrogen (secondary N) is 1. The van der Waals surface area contributed by atoms with Crippen LogP contribution in [0.3, 0.4) is 0 Å². The van der Waals surface area contributed by atoms with E-state index in [0.29, 0.717) is 5.69 Å². The molecule has 7 heteroatoms. The molecule has 7 nitrogen and oxygen atoms in total. The molecule has 1 amide bonds. The van der Waals surface area contributed by atoms with E-state index in [1.807, 2.05) is 13.8 Å². The lowest BCUT2D eigenvalue weighted by Crippen LogP contribution is -2.14. The maximum atomic E-state index is 12.1. The molecular formula is C15H17N3O4. The third kappa shape index (κ3) is 3.25. The van der Waals surface area contributed by atoms with Crippen LogP contribution in [-0.4, -0.2) is 33.9 Å². The van der Waals surface area contributed by atoms with Gasteiger partial charge in [0, 0.05) is 24.0 Å². The van der Waals surface area contributed by atoms with Crippen molar-refractivity contribution in [3.05, 3.63) is 41.7 Å². The van der Waals surface area contributed by atoms with E-state index in [4.69, 9.17) is 9.84 Å². The molecule has 1 heterocycles. The Hall–Kier alpha value is -2.83. The highest BCUT2D eigenvalue weighted by atomic mass is 16.5. The molecule has 0 aliphatic rings. The predicted molar refractivity (Wildman–Crippen MR) is 80.5 cm³/mol. The van der Waals surface area contributed by atoms with Crippen LogP contribution < -0.4 is 10.1 Å². The fraction of sp³-hybridized carbons (Fsp3) is 0.267. The van der Waals surface area contributed by atoms with E-state index in [1.54, 1.807) is 16.9 Å². The Kier molecular flexibility index (Phi) is 4.45. The minimum absolute atomic E-state index is 0.0320. The summed E-state index contributed by atoms with van der Waals surface area (Å²) >= 11 is 0. The topological polar surface area (TPSA) is 93.5 Å². The number of ether oxygens (including phenoxy) is 1. The van der Waals surface area contributed by atoms with Crippen LogP contribution in [0.2, 0.25) is 0 Å². The maximum absolute atomic E-state index is 12.1. The summed E-state index contributed by atoms with van der Waals surface area (Å²) in [6.45, 7) is 3.92. The van der Waals surface area contributed by atoms with Crippen LogP contribution in [-0.2, 0) is 0 Å². The van der Waals surface area contributed by atoms with Crippen molar-refractivity contribution in [2.24, 2.45) is 0 Å². The number of carboxylic acid groups (broad SMARTS) is 1. The number of aromatic nitrogens is 2. The summed E-state index contributed by atoms with van der Waals surface area (Å²) in [6, 6.07) is 6.13. The van der Waals surface area contributed by atoms with Crippen LogP contribution in [0.1, 0.15) is 40.7 Å². The quantitative estimate of drug-likeness (QED) is 0.884. The third-order valence-electron chi connectivity index (χ3n) is 3.06. The van der Waals surface area contributed by atoms with Gasteiger partial charge in [0.05, 0.1) is 7.11 Å². The van der Waals surface area contributed by atoms with Gasteiger partial charge in [-0.15, -0.1) is 0 Å². The molecule has 0 bridgehead atoms. The number of nitrogens with zero attached hydrogens (tertiary/aromatic N) is 2. The Morgan fingerprint density at radius 2 is 2.05 bits per heavy atom. The summed E-state index contributed by atoms with van der Waals surface area (Å²) in [7, 11) is 1.37. The molecule has 0 aliphatic heterocycles. The first-order chi connectivity index (χ1) is 10.4. The molecule has 0 fully saturated rings. The number of hydrogen-bond donors (Lipinski definition) is 2. The summed E-state index contributed by atoms with van der Waals surface area (Å²) in [5, 5.41) is 15.9. The molecule has 22 heavy (non-hydrogen) atoms. The van der Waals surface area contributed by atoms with Crippen molar-refractivity contribution < 1.29 is 19.4 Å². The number of carbonyl (C=O) groups is 2. The van der Waals surface area contributed by atoms with Crippen molar-refractivity contribution in [2.75, 3.05) is 12.4 Å². The maximum Gasteiger partial charge on any atom is 0.339 e. The summed E-state index contributed by atoms with van der Waals surface area (Å²) < 4.78 is 6.70. The molecule has 2 aromatic rings. The van der Waals surface area contributed by atoms with Crippen molar-refractivity contribution in [3.8, 4) is 5.75 Å². The minimum Gasteiger partial charge on any atom is -0.496 e. The number of hydrogen-bond acceptors (Lipinski definition) is 4. The van der Waals surface area contributed by atoms with Crippen molar-refractivity contribution in [1.82, 2.24) is 9.78 Å². The number of aromatic carboxylic acids is 1. The van der Waals surface area contributed by atoms with Gasteiger partial charge in [-0.2, -0.15) is 5.10 Å². The van der Waals surface area contributed by atoms with Crippen LogP contribution in [0.25, 0.3) is 0 Å². The van der Waals surface area contributed by atoms with Gasteiger partial charge in [-0.3, -0.25) is 9.48 Å². The zero-order chi connectivity index (χ0) is 16.3. The van der Waals surface area contributed by atoms with E-state index in [2.05, 4.69) is 10.4 Å². The lowest BCUT2D eigenvalue weighted by molar-refractivity contribution is 0.0693. The molecule has 0 saturated carbocycles. The van der Waals surface area contributed by atoms with Gasteiger partial charge >= 0.3 is 5.97 Å². The van der Waals surface area contributed by atoms with Crippen LogP contribution in [0.15, 0.2) is 30.5 Å². The van der Waals surface area contributed by atoms with Gasteiger partial charge in [0.2, 0.25) is 0 Å². The second-order valence-corrected chi connectivity index (χ2v) is 4.95. The average molecular weight is 303 g/mol. The van der Waals surface area contributed by atoms with Gasteiger partial charge < -0.3 is 15.2 Å². The van der Waals surface area contributed by atoms with Gasteiger partial charge in [-0.1, -0.05) is 0 Å². The second kappa shape index (κ2) is 6.30. The van der Waals surface area contributed by atoms with Crippen LogP contribution in [0.4, 0.5) is 5.69 Å². The van der Waals surface area contributed by atoms with E-state index < -0.39 is 5.97 Å². The number of anilines is 1. The molecule has 2 N–H and O–H groups in total. The molecule has 2 rings (SSSR count). The van der Waals surface area contributed by atoms with Crippen molar-refractivity contribution in [3.63, 3.8) is 0 Å². The van der Waals surface area contributed by atoms with Gasteiger partial charge in [0.1, 0.15) is 11.3 Å². The first-order valence-electron chi connectivity index (χ1n) is 6.70. The number of benzene rings is 1. The van der Waals surface area contributed by atoms with E-state index >= 15 is 0 Å². The van der Waals surface area contributed by atoms with Crippen molar-refractivity contribution in [2.45, 2.75) is 19.9 Å². The lowest BCUT2D eigenvalue weighted by atomic mass is 10.2. The third-order valence-corrected chi connectivity index (χ3v) is 3.06. The number of amides is 1. The number of carboxylic acids is 1. The molecule has 0 atom stereocenters. The molecule has 1 aromatic heterocycles. The minimum atomic E-state index is -1.09. The Morgan fingerprint density at radius 1 is 1.32 bits per heavy atom. The highest BCUT2D eigenvalue weighted by Crippen LogP contribution is 2.23. The second-order valence-electron chi connectivity index (χ2n) is 4.95. The Morgan fingerprint density at radius 3 is 2.59 bits per heavy atom. The highest BCUT2D eigenvalue weighted by molar-refractivity contribution is 6.03. The lowest BCUT2D eigenvalue weighted by Gasteiger charge is -2.08. The monoisotopic (exact) mass is 303 g/mol. The van der Waals surface area contributed by atoms with Crippen LogP contribution in [0.5, 0.6) is 5.75 Å². The zero-order valence-corrected chi connectivity index (χ0v) is 12.5. The van der Waals surface area contributed by atoms with E-state index in [-0.39, 0.29) is 29.0 Å². The molecule has 0 saturated heterocycles. The Bertz CT molecular complexity index is 707. The van der Waals surface area contributed by atoms with E-state index in [1.165, 1.54) is 25.3 Å². The number of rotatable bonds is 5. The highest BCUT2D eigenvalue weighted by Gasteiger charge is 2.14. The zero-order valence-electron chi connectivity index (χ0n) is 12.5. The van der Waals surface area contributed by atoms with Crippen LogP contribution >= 0.6 is 0 Å². The smallest absolute Gasteiger partial charge is 0.339 e. The van der Waals surface area contributed by atoms with Crippen molar-refractivity contribution >= 4 is 17.6 Å². The number of methoxy groups -OCH3 is 1. The largest absolute Gasteiger partial charge is 0.496 e. The standard InChI is InChI=1S/C15H17N3O4/c1-9(2)18-7-6-12(17-18)14(19)16-10-4-5-11(15(20)21)13(8-10)22-3/h4-9H,1-3H3,(H,16,19)(H,20,21). The first kappa shape index (κ1) is 15.6. The fourth-order valence-corrected chi connectivity index (χ4v) is 1.89. The van der Waals surface area contributed by atoms with Gasteiger partial charge in [-0.25, -0.2) is 4.79 Å². The van der Waals surface area contributed by atoms with Gasteiger partial charge in [0.25, 0.3) is 5.91 Å². The molecular weight excluding hydrogens is 286 g/mol. The SMILES string of the molecule is COc1cc(NC(=O)c2ccn(C(C)C)n2)ccc1C(=O)O. The van der Waals surface area contributed by atoms with Gasteiger partial charge in [0.15, 0.2) is 5.69 Å². The summed E-state index contributed by atoms with van der Waals surface area (Å²) in [4.78, 5) is 23.1. The molecule has 0 unspecified atom stereocenters. The molecule has 116 valence electrons. The summed E-state index contributed by atoms with van der Waals surface area (Å²) in [5.74, 6) is -1.28. The Labute approximate surface area is 127 Å². The first-order valence-corrected chi connectivity index (χ1v) is 6.70.